The molecule has 3 unspecified atom stereocenters. The third kappa shape index (κ3) is 2.16. The fraction of sp³-hybridized carbons (Fsp3) is 0.733. The molecule has 0 saturated heterocycles. The van der Waals surface area contributed by atoms with Gasteiger partial charge >= 0.3 is 0 Å². The first-order chi connectivity index (χ1) is 8.52. The number of hydrogen-bond donors (Lipinski definition) is 0. The Bertz CT molecular complexity index is 401. The Labute approximate surface area is 114 Å². The lowest BCUT2D eigenvalue weighted by atomic mass is 9.57. The van der Waals surface area contributed by atoms with Crippen LogP contribution in [0.5, 0.6) is 0 Å². The molecule has 1 saturated carbocycles. The van der Waals surface area contributed by atoms with E-state index in [4.69, 9.17) is 11.6 Å². The lowest BCUT2D eigenvalue weighted by Gasteiger charge is -2.48. The van der Waals surface area contributed by atoms with Crippen LogP contribution >= 0.6 is 11.6 Å². The summed E-state index contributed by atoms with van der Waals surface area (Å²) in [6.07, 6.45) is 5.18. The van der Waals surface area contributed by atoms with E-state index in [0.717, 1.165) is 37.0 Å². The van der Waals surface area contributed by atoms with Crippen molar-refractivity contribution in [3.8, 4) is 0 Å². The molecular weight excluding hydrogens is 246 g/mol. The van der Waals surface area contributed by atoms with Crippen molar-refractivity contribution in [3.63, 3.8) is 0 Å². The number of allylic oxidation sites excluding steroid dienone is 3. The van der Waals surface area contributed by atoms with Crippen molar-refractivity contribution in [3.05, 3.63) is 28.3 Å². The summed E-state index contributed by atoms with van der Waals surface area (Å²) in [4.78, 5) is 11.1. The first kappa shape index (κ1) is 13.8. The maximum atomic E-state index is 11.1. The molecule has 2 nitrogen and oxygen atoms in total. The second kappa shape index (κ2) is 5.16. The fourth-order valence-corrected chi connectivity index (χ4v) is 4.26. The van der Waals surface area contributed by atoms with Crippen LogP contribution in [0, 0.1) is 22.2 Å². The van der Waals surface area contributed by atoms with E-state index < -0.39 is 0 Å². The van der Waals surface area contributed by atoms with E-state index in [2.05, 4.69) is 25.6 Å². The minimum Gasteiger partial charge on any atom is -0.145 e. The predicted octanol–water partition coefficient (Wildman–Crippen LogP) is 5.04. The van der Waals surface area contributed by atoms with E-state index in [1.165, 1.54) is 12.0 Å². The Balaban J connectivity index is 2.44. The minimum absolute atomic E-state index is 0.0606. The summed E-state index contributed by atoms with van der Waals surface area (Å²) in [5, 5.41) is 3.32. The molecule has 1 fully saturated rings. The summed E-state index contributed by atoms with van der Waals surface area (Å²) >= 11 is 6.15. The molecule has 100 valence electrons. The Morgan fingerprint density at radius 1 is 1.61 bits per heavy atom. The number of hydrogen-bond acceptors (Lipinski definition) is 2. The molecule has 0 aromatic carbocycles. The molecule has 0 aromatic rings. The van der Waals surface area contributed by atoms with Gasteiger partial charge in [-0.25, -0.2) is 0 Å². The molecule has 3 heteroatoms. The molecule has 0 spiro atoms. The van der Waals surface area contributed by atoms with Gasteiger partial charge in [0.25, 0.3) is 0 Å². The summed E-state index contributed by atoms with van der Waals surface area (Å²) < 4.78 is 0. The van der Waals surface area contributed by atoms with Gasteiger partial charge in [-0.2, -0.15) is 0 Å². The van der Waals surface area contributed by atoms with E-state index in [9.17, 15) is 4.91 Å². The Hall–Kier alpha value is -0.630. The van der Waals surface area contributed by atoms with Crippen LogP contribution in [0.4, 0.5) is 0 Å². The number of fused-ring (bicyclic) bond motifs is 1. The Morgan fingerprint density at radius 3 is 2.89 bits per heavy atom. The van der Waals surface area contributed by atoms with Gasteiger partial charge in [-0.05, 0) is 67.0 Å². The van der Waals surface area contributed by atoms with Crippen molar-refractivity contribution in [2.75, 3.05) is 5.88 Å². The summed E-state index contributed by atoms with van der Waals surface area (Å²) in [6, 6.07) is 0. The van der Waals surface area contributed by atoms with Crippen LogP contribution in [-0.4, -0.2) is 5.88 Å². The van der Waals surface area contributed by atoms with E-state index in [1.807, 2.05) is 0 Å². The molecule has 0 amide bonds. The minimum atomic E-state index is 0.0606. The second-order valence-electron chi connectivity index (χ2n) is 6.13. The van der Waals surface area contributed by atoms with Crippen LogP contribution in [-0.2, 0) is 0 Å². The van der Waals surface area contributed by atoms with Gasteiger partial charge in [0.1, 0.15) is 0 Å². The Kier molecular flexibility index (Phi) is 3.96. The average molecular weight is 268 g/mol. The molecule has 2 aliphatic carbocycles. The standard InChI is InChI=1S/C15H22ClNO/c1-10(2)11-7-14(17-18)13-6-4-5-12(9-16)15(13,3)8-11/h11-12H,1,4-9H2,2-3H3. The van der Waals surface area contributed by atoms with E-state index >= 15 is 0 Å². The molecule has 0 N–H and O–H groups in total. The highest BCUT2D eigenvalue weighted by Gasteiger charge is 2.45. The molecule has 0 radical (unpaired) electrons. The number of halogens is 1. The summed E-state index contributed by atoms with van der Waals surface area (Å²) in [5.74, 6) is 1.53. The van der Waals surface area contributed by atoms with Gasteiger partial charge in [0.05, 0.1) is 5.70 Å². The third-order valence-electron chi connectivity index (χ3n) is 5.02. The number of alkyl halides is 1. The Morgan fingerprint density at radius 2 is 2.33 bits per heavy atom. The fourth-order valence-electron chi connectivity index (χ4n) is 3.77. The number of nitroso groups, excluding NO2 is 1. The van der Waals surface area contributed by atoms with Crippen molar-refractivity contribution in [2.24, 2.45) is 22.4 Å². The average Bonchev–Trinajstić information content (AvgIpc) is 2.35. The summed E-state index contributed by atoms with van der Waals surface area (Å²) in [6.45, 7) is 8.40. The van der Waals surface area contributed by atoms with Gasteiger partial charge in [0.15, 0.2) is 0 Å². The highest BCUT2D eigenvalue weighted by molar-refractivity contribution is 6.18. The molecule has 2 aliphatic rings. The first-order valence-electron chi connectivity index (χ1n) is 6.80. The molecule has 0 bridgehead atoms. The lowest BCUT2D eigenvalue weighted by Crippen LogP contribution is -2.39. The normalized spacial score (nSPS) is 36.2. The zero-order chi connectivity index (χ0) is 13.3. The SMILES string of the molecule is C=C(C)C1CC(N=O)=C2CCCC(CCl)C2(C)C1. The van der Waals surface area contributed by atoms with Gasteiger partial charge in [-0.1, -0.05) is 19.1 Å². The molecule has 0 heterocycles. The molecule has 2 rings (SSSR count). The van der Waals surface area contributed by atoms with Crippen molar-refractivity contribution in [2.45, 2.75) is 46.0 Å². The lowest BCUT2D eigenvalue weighted by molar-refractivity contribution is 0.150. The largest absolute Gasteiger partial charge is 0.145 e. The maximum absolute atomic E-state index is 11.1. The third-order valence-corrected chi connectivity index (χ3v) is 5.39. The topological polar surface area (TPSA) is 29.4 Å². The number of rotatable bonds is 3. The van der Waals surface area contributed by atoms with Crippen LogP contribution in [0.1, 0.15) is 46.0 Å². The highest BCUT2D eigenvalue weighted by Crippen LogP contribution is 2.55. The smallest absolute Gasteiger partial charge is 0.0852 e. The van der Waals surface area contributed by atoms with Gasteiger partial charge in [-0.3, -0.25) is 0 Å². The zero-order valence-electron chi connectivity index (χ0n) is 11.3. The van der Waals surface area contributed by atoms with Crippen molar-refractivity contribution >= 4 is 11.6 Å². The van der Waals surface area contributed by atoms with Crippen LogP contribution < -0.4 is 0 Å². The maximum Gasteiger partial charge on any atom is 0.0852 e. The molecule has 0 aliphatic heterocycles. The van der Waals surface area contributed by atoms with Crippen molar-refractivity contribution in [1.82, 2.24) is 0 Å². The number of nitrogens with zero attached hydrogens (tertiary/aromatic N) is 1. The first-order valence-corrected chi connectivity index (χ1v) is 7.33. The van der Waals surface area contributed by atoms with Gasteiger partial charge in [0, 0.05) is 5.88 Å². The van der Waals surface area contributed by atoms with Gasteiger partial charge in [0.2, 0.25) is 0 Å². The van der Waals surface area contributed by atoms with E-state index in [1.54, 1.807) is 0 Å². The van der Waals surface area contributed by atoms with Crippen LogP contribution in [0.15, 0.2) is 28.6 Å². The monoisotopic (exact) mass is 267 g/mol. The van der Waals surface area contributed by atoms with E-state index in [0.29, 0.717) is 17.7 Å². The van der Waals surface area contributed by atoms with Gasteiger partial charge < -0.3 is 0 Å². The molecule has 3 atom stereocenters. The summed E-state index contributed by atoms with van der Waals surface area (Å²) in [5.41, 5.74) is 3.29. The quantitative estimate of drug-likeness (QED) is 0.400. The van der Waals surface area contributed by atoms with Crippen molar-refractivity contribution < 1.29 is 0 Å². The molecule has 0 aromatic heterocycles. The van der Waals surface area contributed by atoms with Gasteiger partial charge in [-0.15, -0.1) is 16.5 Å². The molecular formula is C15H22ClNO. The zero-order valence-corrected chi connectivity index (χ0v) is 12.1. The van der Waals surface area contributed by atoms with Crippen LogP contribution in [0.2, 0.25) is 0 Å². The van der Waals surface area contributed by atoms with E-state index in [-0.39, 0.29) is 5.41 Å². The van der Waals surface area contributed by atoms with Crippen LogP contribution in [0.3, 0.4) is 0 Å². The predicted molar refractivity (Wildman–Crippen MR) is 76.5 cm³/mol. The van der Waals surface area contributed by atoms with Crippen molar-refractivity contribution in [1.29, 1.82) is 0 Å². The summed E-state index contributed by atoms with van der Waals surface area (Å²) in [7, 11) is 0. The second-order valence-corrected chi connectivity index (χ2v) is 6.44. The van der Waals surface area contributed by atoms with Crippen LogP contribution in [0.25, 0.3) is 0 Å². The highest BCUT2D eigenvalue weighted by atomic mass is 35.5. The molecule has 18 heavy (non-hydrogen) atoms.